The zero-order valence-corrected chi connectivity index (χ0v) is 39.5. The average Bonchev–Trinajstić information content (AvgIpc) is 3.17. The summed E-state index contributed by atoms with van der Waals surface area (Å²) in [5.74, 6) is 0. The second-order valence-electron chi connectivity index (χ2n) is 16.2. The van der Waals surface area contributed by atoms with Crippen molar-refractivity contribution >= 4 is 48.8 Å². The number of benzene rings is 4. The monoisotopic (exact) mass is 846 g/mol. The van der Waals surface area contributed by atoms with Crippen molar-refractivity contribution in [3.8, 4) is 0 Å². The van der Waals surface area contributed by atoms with Crippen LogP contribution in [-0.2, 0) is 41.5 Å². The molecule has 0 bridgehead atoms. The number of nitrogens with two attached hydrogens (primary N) is 1. The zero-order valence-electron chi connectivity index (χ0n) is 34.5. The summed E-state index contributed by atoms with van der Waals surface area (Å²) in [7, 11) is -5.19. The molecule has 0 radical (unpaired) electrons. The molecule has 6 rings (SSSR count). The third-order valence-electron chi connectivity index (χ3n) is 10.3. The average molecular weight is 849 g/mol. The van der Waals surface area contributed by atoms with Gasteiger partial charge < -0.3 is 14.6 Å². The van der Waals surface area contributed by atoms with E-state index < -0.39 is 21.6 Å². The van der Waals surface area contributed by atoms with Crippen molar-refractivity contribution in [3.05, 3.63) is 178 Å². The van der Waals surface area contributed by atoms with Crippen LogP contribution in [0.25, 0.3) is 0 Å². The van der Waals surface area contributed by atoms with E-state index in [4.69, 9.17) is 14.6 Å². The summed E-state index contributed by atoms with van der Waals surface area (Å²) >= 11 is 0. The summed E-state index contributed by atoms with van der Waals surface area (Å²) in [5, 5.41) is 15.8. The van der Waals surface area contributed by atoms with Crippen LogP contribution in [0, 0.1) is 24.0 Å². The molecule has 11 heteroatoms. The van der Waals surface area contributed by atoms with Gasteiger partial charge in [-0.05, 0) is 62.4 Å². The van der Waals surface area contributed by atoms with Gasteiger partial charge in [0.15, 0.2) is 0 Å². The van der Waals surface area contributed by atoms with Gasteiger partial charge >= 0.3 is 0 Å². The Morgan fingerprint density at radius 1 is 0.579 bits per heavy atom. The molecule has 0 saturated carbocycles. The molecule has 0 unspecified atom stereocenters. The molecular weight excluding hydrogens is 794 g/mol. The van der Waals surface area contributed by atoms with Crippen LogP contribution in [0.3, 0.4) is 0 Å². The second-order valence-corrected chi connectivity index (χ2v) is 24.8. The van der Waals surface area contributed by atoms with Crippen LogP contribution in [0.5, 0.6) is 0 Å². The Hall–Kier alpha value is -4.64. The quantitative estimate of drug-likeness (QED) is 0.0792. The molecule has 292 valence electrons. The van der Waals surface area contributed by atoms with Crippen molar-refractivity contribution < 1.29 is 33.3 Å². The SMILES string of the molecule is Cc1cc(CO[Si](c2ccccc2)(c2ccccc2)C(C)(C)C)ncc1N.Cc1cc(CO[Si](c2ccccc2)(c2ccccc2)C(C)(C)C)ncc1[N+](=O)[O-].[Zn]. The number of pyridine rings is 2. The van der Waals surface area contributed by atoms with E-state index in [9.17, 15) is 10.1 Å². The fourth-order valence-corrected chi connectivity index (χ4v) is 16.5. The van der Waals surface area contributed by atoms with Crippen molar-refractivity contribution in [1.82, 2.24) is 9.97 Å². The van der Waals surface area contributed by atoms with Crippen LogP contribution in [0.2, 0.25) is 10.1 Å². The van der Waals surface area contributed by atoms with Crippen LogP contribution in [-0.4, -0.2) is 31.5 Å². The molecule has 6 aromatic rings. The maximum Gasteiger partial charge on any atom is 0.290 e. The van der Waals surface area contributed by atoms with Gasteiger partial charge in [-0.1, -0.05) is 163 Å². The largest absolute Gasteiger partial charge is 0.402 e. The normalized spacial score (nSPS) is 11.9. The van der Waals surface area contributed by atoms with Gasteiger partial charge in [-0.3, -0.25) is 20.1 Å². The standard InChI is InChI=1S/C23H26N2O3Si.C23H28N2OSi.Zn/c1-18-15-19(24-16-22(18)25(26)27)17-28-29(23(2,3)4,20-11-7-5-8-12-20)21-13-9-6-10-14-21;1-18-15-19(25-16-22(18)24)17-26-27(23(2,3)4,20-11-7-5-8-12-20)21-13-9-6-10-14-21;/h5-16H,17H2,1-4H3;5-16H,17,24H2,1-4H3;. The van der Waals surface area contributed by atoms with E-state index in [-0.39, 0.29) is 35.2 Å². The van der Waals surface area contributed by atoms with Crippen molar-refractivity contribution in [2.45, 2.75) is 78.7 Å². The van der Waals surface area contributed by atoms with Gasteiger partial charge in [0.05, 0.1) is 41.4 Å². The fourth-order valence-electron chi connectivity index (χ4n) is 7.47. The Bertz CT molecular complexity index is 2120. The second kappa shape index (κ2) is 19.2. The predicted molar refractivity (Wildman–Crippen MR) is 234 cm³/mol. The third-order valence-corrected chi connectivity index (χ3v) is 20.2. The van der Waals surface area contributed by atoms with Crippen molar-refractivity contribution in [2.75, 3.05) is 5.73 Å². The van der Waals surface area contributed by atoms with Crippen LogP contribution >= 0.6 is 0 Å². The van der Waals surface area contributed by atoms with E-state index in [0.717, 1.165) is 11.3 Å². The number of aryl methyl sites for hydroxylation is 2. The maximum absolute atomic E-state index is 11.1. The summed E-state index contributed by atoms with van der Waals surface area (Å²) < 4.78 is 13.7. The maximum atomic E-state index is 11.1. The number of nitro groups is 1. The number of anilines is 1. The summed E-state index contributed by atoms with van der Waals surface area (Å²) in [6.07, 6.45) is 3.04. The number of aromatic nitrogens is 2. The van der Waals surface area contributed by atoms with Gasteiger partial charge in [-0.2, -0.15) is 0 Å². The molecule has 0 saturated heterocycles. The van der Waals surface area contributed by atoms with Crippen LogP contribution in [0.1, 0.15) is 64.1 Å². The van der Waals surface area contributed by atoms with Crippen molar-refractivity contribution in [3.63, 3.8) is 0 Å². The molecule has 2 heterocycles. The predicted octanol–water partition coefficient (Wildman–Crippen LogP) is 8.42. The Balaban J connectivity index is 0.000000249. The number of nitrogens with zero attached hydrogens (tertiary/aromatic N) is 3. The number of rotatable bonds is 11. The Labute approximate surface area is 353 Å². The molecule has 8 nitrogen and oxygen atoms in total. The first-order valence-electron chi connectivity index (χ1n) is 18.9. The number of nitrogen functional groups attached to an aromatic ring is 1. The number of hydrogen-bond acceptors (Lipinski definition) is 7. The Kier molecular flexibility index (Phi) is 15.2. The third kappa shape index (κ3) is 10.1. The molecule has 0 spiro atoms. The fraction of sp³-hybridized carbons (Fsp3) is 0.261. The first-order chi connectivity index (χ1) is 26.6. The van der Waals surface area contributed by atoms with Crippen molar-refractivity contribution in [2.24, 2.45) is 0 Å². The topological polar surface area (TPSA) is 113 Å². The molecule has 0 aliphatic heterocycles. The molecule has 0 atom stereocenters. The van der Waals surface area contributed by atoms with E-state index in [0.29, 0.717) is 30.2 Å². The first-order valence-corrected chi connectivity index (χ1v) is 22.7. The molecule has 2 aromatic heterocycles. The van der Waals surface area contributed by atoms with Crippen LogP contribution in [0.4, 0.5) is 11.4 Å². The molecule has 57 heavy (non-hydrogen) atoms. The minimum Gasteiger partial charge on any atom is -0.402 e. The van der Waals surface area contributed by atoms with E-state index in [1.54, 1.807) is 19.2 Å². The number of hydrogen-bond donors (Lipinski definition) is 1. The first kappa shape index (κ1) is 45.1. The molecule has 0 fully saturated rings. The summed E-state index contributed by atoms with van der Waals surface area (Å²) in [5.41, 5.74) is 9.90. The van der Waals surface area contributed by atoms with E-state index >= 15 is 0 Å². The van der Waals surface area contributed by atoms with E-state index in [1.807, 2.05) is 49.4 Å². The summed E-state index contributed by atoms with van der Waals surface area (Å²) in [4.78, 5) is 19.5. The summed E-state index contributed by atoms with van der Waals surface area (Å²) in [6.45, 7) is 18.0. The summed E-state index contributed by atoms with van der Waals surface area (Å²) in [6, 6.07) is 45.8. The Morgan fingerprint density at radius 2 is 0.895 bits per heavy atom. The Morgan fingerprint density at radius 3 is 1.18 bits per heavy atom. The molecule has 0 amide bonds. The van der Waals surface area contributed by atoms with Crippen LogP contribution < -0.4 is 26.5 Å². The smallest absolute Gasteiger partial charge is 0.290 e. The van der Waals surface area contributed by atoms with Gasteiger partial charge in [0, 0.05) is 25.0 Å². The van der Waals surface area contributed by atoms with E-state index in [1.165, 1.54) is 26.9 Å². The van der Waals surface area contributed by atoms with Crippen molar-refractivity contribution in [1.29, 1.82) is 0 Å². The molecular formula is C46H54N4O4Si2Zn. The minimum absolute atomic E-state index is 0. The van der Waals surface area contributed by atoms with Gasteiger partial charge in [0.25, 0.3) is 22.3 Å². The minimum atomic E-state index is -2.66. The molecule has 0 aliphatic carbocycles. The van der Waals surface area contributed by atoms with Gasteiger partial charge in [-0.15, -0.1) is 0 Å². The van der Waals surface area contributed by atoms with Gasteiger partial charge in [0.2, 0.25) is 0 Å². The zero-order chi connectivity index (χ0) is 40.6. The van der Waals surface area contributed by atoms with Crippen LogP contribution in [0.15, 0.2) is 146 Å². The van der Waals surface area contributed by atoms with E-state index in [2.05, 4.69) is 136 Å². The van der Waals surface area contributed by atoms with Gasteiger partial charge in [-0.25, -0.2) is 0 Å². The van der Waals surface area contributed by atoms with Gasteiger partial charge in [0.1, 0.15) is 6.20 Å². The molecule has 0 aliphatic rings. The molecule has 2 N–H and O–H groups in total. The molecule has 4 aromatic carbocycles.